The van der Waals surface area contributed by atoms with Crippen LogP contribution in [-0.2, 0) is 0 Å². The van der Waals surface area contributed by atoms with E-state index in [0.717, 1.165) is 53.9 Å². The average Bonchev–Trinajstić information content (AvgIpc) is 3.18. The van der Waals surface area contributed by atoms with Crippen molar-refractivity contribution in [2.24, 2.45) is 0 Å². The van der Waals surface area contributed by atoms with E-state index in [1.165, 1.54) is 22.3 Å². The summed E-state index contributed by atoms with van der Waals surface area (Å²) in [5.74, 6) is -0.886. The van der Waals surface area contributed by atoms with Gasteiger partial charge in [-0.1, -0.05) is 0 Å². The van der Waals surface area contributed by atoms with E-state index in [0.29, 0.717) is 5.92 Å². The van der Waals surface area contributed by atoms with E-state index in [-0.39, 0.29) is 28.0 Å². The largest absolute Gasteiger partial charge is 0.408 e. The first-order valence-electron chi connectivity index (χ1n) is 10.1. The Morgan fingerprint density at radius 3 is 2.79 bits per heavy atom. The molecule has 1 amide bonds. The first-order valence-corrected chi connectivity index (χ1v) is 11.0. The van der Waals surface area contributed by atoms with Crippen molar-refractivity contribution in [3.8, 4) is 16.5 Å². The molecule has 4 heterocycles. The number of nitrogens with zero attached hydrogens (tertiary/aromatic N) is 7. The Morgan fingerprint density at radius 2 is 2.06 bits per heavy atom. The van der Waals surface area contributed by atoms with Crippen molar-refractivity contribution in [3.05, 3.63) is 53.7 Å². The topological polar surface area (TPSA) is 103 Å². The van der Waals surface area contributed by atoms with Crippen LogP contribution in [-0.4, -0.2) is 46.4 Å². The molecule has 1 fully saturated rings. The zero-order chi connectivity index (χ0) is 24.0. The minimum Gasteiger partial charge on any atom is -0.304 e. The number of alkyl halides is 3. The molecule has 14 heteroatoms. The van der Waals surface area contributed by atoms with Crippen LogP contribution in [0.1, 0.15) is 47.9 Å². The number of pyridine rings is 1. The lowest BCUT2D eigenvalue weighted by atomic mass is 10.3. The van der Waals surface area contributed by atoms with Crippen LogP contribution in [0.3, 0.4) is 0 Å². The van der Waals surface area contributed by atoms with Gasteiger partial charge < -0.3 is 9.88 Å². The van der Waals surface area contributed by atoms with Gasteiger partial charge in [-0.25, -0.2) is 19.3 Å². The van der Waals surface area contributed by atoms with E-state index in [4.69, 9.17) is 0 Å². The number of hydrogen-bond donors (Lipinski definition) is 1. The Labute approximate surface area is 193 Å². The van der Waals surface area contributed by atoms with Crippen LogP contribution in [0.2, 0.25) is 0 Å². The molecule has 9 nitrogen and oxygen atoms in total. The van der Waals surface area contributed by atoms with Gasteiger partial charge in [0.1, 0.15) is 23.9 Å². The maximum Gasteiger partial charge on any atom is 0.408 e. The normalized spacial score (nSPS) is 14.9. The highest BCUT2D eigenvalue weighted by molar-refractivity contribution is 7.13. The molecule has 1 saturated carbocycles. The summed E-state index contributed by atoms with van der Waals surface area (Å²) in [4.78, 5) is 25.0. The van der Waals surface area contributed by atoms with Crippen molar-refractivity contribution < 1.29 is 22.4 Å². The van der Waals surface area contributed by atoms with E-state index in [2.05, 4.69) is 30.5 Å². The Hall–Kier alpha value is -3.68. The molecule has 0 radical (unpaired) electrons. The Morgan fingerprint density at radius 1 is 1.26 bits per heavy atom. The van der Waals surface area contributed by atoms with Gasteiger partial charge in [0, 0.05) is 17.5 Å². The van der Waals surface area contributed by atoms with Gasteiger partial charge >= 0.3 is 6.18 Å². The molecular weight excluding hydrogens is 476 g/mol. The van der Waals surface area contributed by atoms with Crippen molar-refractivity contribution in [2.45, 2.75) is 37.9 Å². The van der Waals surface area contributed by atoms with Gasteiger partial charge in [0.25, 0.3) is 5.91 Å². The highest BCUT2D eigenvalue weighted by Crippen LogP contribution is 2.39. The van der Waals surface area contributed by atoms with Crippen LogP contribution in [0.4, 0.5) is 23.4 Å². The number of aromatic nitrogens is 7. The van der Waals surface area contributed by atoms with E-state index < -0.39 is 23.9 Å². The van der Waals surface area contributed by atoms with Crippen molar-refractivity contribution in [2.75, 3.05) is 5.32 Å². The molecule has 0 aromatic carbocycles. The molecule has 1 aliphatic carbocycles. The van der Waals surface area contributed by atoms with Gasteiger partial charge in [-0.2, -0.15) is 13.2 Å². The van der Waals surface area contributed by atoms with Crippen LogP contribution in [0.15, 0.2) is 36.5 Å². The molecule has 0 aliphatic heterocycles. The molecule has 5 rings (SSSR count). The predicted octanol–water partition coefficient (Wildman–Crippen LogP) is 4.37. The molecule has 0 saturated heterocycles. The fourth-order valence-corrected chi connectivity index (χ4v) is 4.00. The van der Waals surface area contributed by atoms with E-state index >= 15 is 0 Å². The zero-order valence-corrected chi connectivity index (χ0v) is 18.3. The first-order chi connectivity index (χ1) is 16.2. The number of anilines is 1. The summed E-state index contributed by atoms with van der Waals surface area (Å²) in [6.07, 6.45) is 2.72. The second-order valence-electron chi connectivity index (χ2n) is 7.77. The lowest BCUT2D eigenvalue weighted by Crippen LogP contribution is -2.23. The number of carbonyl (C=O) groups excluding carboxylic acids is 1. The first kappa shape index (κ1) is 22.1. The van der Waals surface area contributed by atoms with E-state index in [1.807, 2.05) is 0 Å². The number of imidazole rings is 1. The highest BCUT2D eigenvalue weighted by atomic mass is 32.1. The van der Waals surface area contributed by atoms with Crippen LogP contribution in [0, 0.1) is 5.82 Å². The van der Waals surface area contributed by atoms with Crippen molar-refractivity contribution in [1.82, 2.24) is 34.3 Å². The molecule has 4 aromatic rings. The van der Waals surface area contributed by atoms with Gasteiger partial charge in [-0.3, -0.25) is 9.36 Å². The molecule has 0 bridgehead atoms. The summed E-state index contributed by atoms with van der Waals surface area (Å²) >= 11 is 0.991. The second-order valence-corrected chi connectivity index (χ2v) is 8.63. The number of rotatable bonds is 6. The SMILES string of the molecule is CC(n1cnnc1-c1nc(NC(=O)c2cc(-n3cnc(C4CC4)c3)c(F)cn2)cs1)C(F)(F)F. The van der Waals surface area contributed by atoms with Gasteiger partial charge in [0.2, 0.25) is 0 Å². The minimum absolute atomic E-state index is 0.0681. The zero-order valence-electron chi connectivity index (χ0n) is 17.5. The number of hydrogen-bond acceptors (Lipinski definition) is 7. The third-order valence-corrected chi connectivity index (χ3v) is 6.18. The lowest BCUT2D eigenvalue weighted by Gasteiger charge is -2.17. The summed E-state index contributed by atoms with van der Waals surface area (Å²) in [5, 5.41) is 11.4. The van der Waals surface area contributed by atoms with E-state index in [9.17, 15) is 22.4 Å². The van der Waals surface area contributed by atoms with Crippen molar-refractivity contribution >= 4 is 23.1 Å². The summed E-state index contributed by atoms with van der Waals surface area (Å²) < 4.78 is 56.1. The van der Waals surface area contributed by atoms with Gasteiger partial charge in [-0.05, 0) is 25.8 Å². The monoisotopic (exact) mass is 492 g/mol. The summed E-state index contributed by atoms with van der Waals surface area (Å²) in [5.41, 5.74) is 0.916. The molecule has 0 spiro atoms. The molecule has 1 atom stereocenters. The molecule has 1 unspecified atom stereocenters. The van der Waals surface area contributed by atoms with Crippen LogP contribution in [0.25, 0.3) is 16.5 Å². The summed E-state index contributed by atoms with van der Waals surface area (Å²) in [6.45, 7) is 0.981. The standard InChI is InChI=1S/C20H16F4N8OS/c1-10(20(22,23)24)32-9-27-30-17(32)19-29-16(7-34-19)28-18(33)13-4-15(12(21)5-25-13)31-6-14(26-8-31)11-2-3-11/h4-11H,2-3H2,1H3,(H,28,33). The van der Waals surface area contributed by atoms with Crippen molar-refractivity contribution in [3.63, 3.8) is 0 Å². The third kappa shape index (κ3) is 4.27. The molecule has 4 aromatic heterocycles. The number of amides is 1. The lowest BCUT2D eigenvalue weighted by molar-refractivity contribution is -0.162. The van der Waals surface area contributed by atoms with Gasteiger partial charge in [0.05, 0.1) is 23.9 Å². The summed E-state index contributed by atoms with van der Waals surface area (Å²) in [7, 11) is 0. The third-order valence-electron chi connectivity index (χ3n) is 5.35. The van der Waals surface area contributed by atoms with Gasteiger partial charge in [0.15, 0.2) is 16.6 Å². The molecule has 1 N–H and O–H groups in total. The predicted molar refractivity (Wildman–Crippen MR) is 113 cm³/mol. The fourth-order valence-electron chi connectivity index (χ4n) is 3.26. The maximum absolute atomic E-state index is 14.4. The minimum atomic E-state index is -4.49. The van der Waals surface area contributed by atoms with Crippen LogP contribution in [0.5, 0.6) is 0 Å². The molecule has 176 valence electrons. The number of thiazole rings is 1. The smallest absolute Gasteiger partial charge is 0.304 e. The number of nitrogens with one attached hydrogen (secondary N) is 1. The fraction of sp³-hybridized carbons (Fsp3) is 0.300. The average molecular weight is 492 g/mol. The van der Waals surface area contributed by atoms with Crippen LogP contribution < -0.4 is 5.32 Å². The Kier molecular flexibility index (Phi) is 5.38. The number of carbonyl (C=O) groups is 1. The molecule has 1 aliphatic rings. The molecular formula is C20H16F4N8OS. The second kappa shape index (κ2) is 8.27. The highest BCUT2D eigenvalue weighted by Gasteiger charge is 2.39. The Balaban J connectivity index is 1.35. The van der Waals surface area contributed by atoms with Gasteiger partial charge in [-0.15, -0.1) is 21.5 Å². The van der Waals surface area contributed by atoms with E-state index in [1.54, 1.807) is 6.20 Å². The van der Waals surface area contributed by atoms with Crippen LogP contribution >= 0.6 is 11.3 Å². The molecule has 34 heavy (non-hydrogen) atoms. The van der Waals surface area contributed by atoms with Crippen molar-refractivity contribution in [1.29, 1.82) is 0 Å². The maximum atomic E-state index is 14.4. The quantitative estimate of drug-likeness (QED) is 0.401. The Bertz CT molecular complexity index is 1360. The summed E-state index contributed by atoms with van der Waals surface area (Å²) in [6, 6.07) is -0.567. The number of halogens is 4.